The Morgan fingerprint density at radius 2 is 2.17 bits per heavy atom. The molecule has 1 saturated carbocycles. The third kappa shape index (κ3) is 2.33. The van der Waals surface area contributed by atoms with Crippen LogP contribution in [0.25, 0.3) is 10.7 Å². The zero-order valence-corrected chi connectivity index (χ0v) is 11.0. The molecule has 0 amide bonds. The van der Waals surface area contributed by atoms with E-state index in [2.05, 4.69) is 10.1 Å². The highest BCUT2D eigenvalue weighted by molar-refractivity contribution is 7.13. The van der Waals surface area contributed by atoms with Gasteiger partial charge in [-0.3, -0.25) is 0 Å². The van der Waals surface area contributed by atoms with Crippen molar-refractivity contribution in [1.29, 1.82) is 0 Å². The summed E-state index contributed by atoms with van der Waals surface area (Å²) in [5.74, 6) is 1.64. The first-order valence-corrected chi connectivity index (χ1v) is 7.35. The predicted molar refractivity (Wildman–Crippen MR) is 71.4 cm³/mol. The third-order valence-electron chi connectivity index (χ3n) is 3.57. The van der Waals surface area contributed by atoms with Crippen molar-refractivity contribution in [2.24, 2.45) is 5.73 Å². The van der Waals surface area contributed by atoms with Crippen LogP contribution in [0.2, 0.25) is 0 Å². The fourth-order valence-electron chi connectivity index (χ4n) is 2.53. The molecule has 0 radical (unpaired) electrons. The van der Waals surface area contributed by atoms with Gasteiger partial charge in [-0.25, -0.2) is 0 Å². The molecule has 2 heterocycles. The van der Waals surface area contributed by atoms with Crippen LogP contribution in [0.1, 0.15) is 43.9 Å². The Hall–Kier alpha value is -1.20. The second-order valence-electron chi connectivity index (χ2n) is 4.84. The third-order valence-corrected chi connectivity index (χ3v) is 4.44. The summed E-state index contributed by atoms with van der Waals surface area (Å²) in [5, 5.41) is 6.08. The minimum Gasteiger partial charge on any atom is -0.339 e. The van der Waals surface area contributed by atoms with Gasteiger partial charge in [0.1, 0.15) is 0 Å². The van der Waals surface area contributed by atoms with Gasteiger partial charge in [-0.15, -0.1) is 11.3 Å². The molecule has 2 aromatic rings. The molecule has 5 heteroatoms. The van der Waals surface area contributed by atoms with Gasteiger partial charge in [0.15, 0.2) is 0 Å². The average Bonchev–Trinajstić information content (AvgIpc) is 3.00. The van der Waals surface area contributed by atoms with E-state index in [1.165, 1.54) is 19.3 Å². The zero-order chi connectivity index (χ0) is 12.4. The van der Waals surface area contributed by atoms with Gasteiger partial charge in [0.2, 0.25) is 11.7 Å². The van der Waals surface area contributed by atoms with Gasteiger partial charge in [-0.05, 0) is 24.3 Å². The van der Waals surface area contributed by atoms with Crippen molar-refractivity contribution in [3.8, 4) is 10.7 Å². The van der Waals surface area contributed by atoms with Gasteiger partial charge in [0.05, 0.1) is 10.8 Å². The van der Waals surface area contributed by atoms with E-state index in [0.29, 0.717) is 11.7 Å². The minimum absolute atomic E-state index is 0.157. The van der Waals surface area contributed by atoms with Crippen molar-refractivity contribution in [2.45, 2.75) is 44.1 Å². The fourth-order valence-corrected chi connectivity index (χ4v) is 3.18. The van der Waals surface area contributed by atoms with Crippen molar-refractivity contribution in [3.05, 3.63) is 23.4 Å². The van der Waals surface area contributed by atoms with Crippen LogP contribution in [0.5, 0.6) is 0 Å². The lowest BCUT2D eigenvalue weighted by Crippen LogP contribution is -2.27. The van der Waals surface area contributed by atoms with E-state index < -0.39 is 0 Å². The highest BCUT2D eigenvalue weighted by atomic mass is 32.1. The topological polar surface area (TPSA) is 64.9 Å². The van der Waals surface area contributed by atoms with Gasteiger partial charge in [-0.1, -0.05) is 30.5 Å². The molecule has 2 N–H and O–H groups in total. The smallest absolute Gasteiger partial charge is 0.231 e. The molecule has 0 aliphatic heterocycles. The molecule has 0 bridgehead atoms. The normalized spacial score (nSPS) is 24.9. The molecule has 96 valence electrons. The van der Waals surface area contributed by atoms with Crippen LogP contribution in [0.15, 0.2) is 22.0 Å². The molecular weight excluding hydrogens is 246 g/mol. The Bertz CT molecular complexity index is 494. The molecule has 3 rings (SSSR count). The second kappa shape index (κ2) is 5.20. The summed E-state index contributed by atoms with van der Waals surface area (Å²) >= 11 is 1.62. The highest BCUT2D eigenvalue weighted by Gasteiger charge is 2.27. The number of thiophene rings is 1. The SMILES string of the molecule is NC1CCCCCC1c1nc(-c2cccs2)no1. The molecule has 2 aromatic heterocycles. The van der Waals surface area contributed by atoms with Crippen LogP contribution in [0.3, 0.4) is 0 Å². The van der Waals surface area contributed by atoms with E-state index >= 15 is 0 Å². The molecule has 2 atom stereocenters. The Morgan fingerprint density at radius 1 is 1.28 bits per heavy atom. The Balaban J connectivity index is 1.83. The maximum absolute atomic E-state index is 6.21. The standard InChI is InChI=1S/C13H17N3OS/c14-10-6-3-1-2-5-9(10)13-15-12(16-17-13)11-7-4-8-18-11/h4,7-10H,1-3,5-6,14H2. The van der Waals surface area contributed by atoms with Crippen LogP contribution in [-0.2, 0) is 0 Å². The molecule has 1 aliphatic carbocycles. The fraction of sp³-hybridized carbons (Fsp3) is 0.538. The van der Waals surface area contributed by atoms with Gasteiger partial charge < -0.3 is 10.3 Å². The van der Waals surface area contributed by atoms with E-state index in [9.17, 15) is 0 Å². The summed E-state index contributed by atoms with van der Waals surface area (Å²) < 4.78 is 5.42. The average molecular weight is 263 g/mol. The largest absolute Gasteiger partial charge is 0.339 e. The van der Waals surface area contributed by atoms with Crippen molar-refractivity contribution in [3.63, 3.8) is 0 Å². The quantitative estimate of drug-likeness (QED) is 0.845. The summed E-state index contributed by atoms with van der Waals surface area (Å²) in [7, 11) is 0. The van der Waals surface area contributed by atoms with Crippen molar-refractivity contribution in [2.75, 3.05) is 0 Å². The van der Waals surface area contributed by atoms with E-state index in [-0.39, 0.29) is 12.0 Å². The molecule has 0 aromatic carbocycles. The van der Waals surface area contributed by atoms with E-state index in [1.807, 2.05) is 17.5 Å². The number of aromatic nitrogens is 2. The van der Waals surface area contributed by atoms with Crippen molar-refractivity contribution < 1.29 is 4.52 Å². The minimum atomic E-state index is 0.157. The molecule has 2 unspecified atom stereocenters. The Kier molecular flexibility index (Phi) is 3.43. The van der Waals surface area contributed by atoms with Gasteiger partial charge >= 0.3 is 0 Å². The lowest BCUT2D eigenvalue weighted by molar-refractivity contribution is 0.326. The van der Waals surface area contributed by atoms with Crippen LogP contribution < -0.4 is 5.73 Å². The molecule has 4 nitrogen and oxygen atoms in total. The number of nitrogens with zero attached hydrogens (tertiary/aromatic N) is 2. The molecule has 1 aliphatic rings. The first kappa shape index (κ1) is 11.9. The molecular formula is C13H17N3OS. The highest BCUT2D eigenvalue weighted by Crippen LogP contribution is 2.31. The number of nitrogens with two attached hydrogens (primary N) is 1. The number of hydrogen-bond donors (Lipinski definition) is 1. The first-order chi connectivity index (χ1) is 8.84. The summed E-state index contributed by atoms with van der Waals surface area (Å²) in [6.45, 7) is 0. The summed E-state index contributed by atoms with van der Waals surface area (Å²) in [6.07, 6.45) is 5.80. The monoisotopic (exact) mass is 263 g/mol. The summed E-state index contributed by atoms with van der Waals surface area (Å²) in [5.41, 5.74) is 6.21. The summed E-state index contributed by atoms with van der Waals surface area (Å²) in [6, 6.07) is 4.16. The Morgan fingerprint density at radius 3 is 3.00 bits per heavy atom. The zero-order valence-electron chi connectivity index (χ0n) is 10.2. The van der Waals surface area contributed by atoms with Gasteiger partial charge in [-0.2, -0.15) is 4.98 Å². The Labute approximate surface area is 110 Å². The number of rotatable bonds is 2. The van der Waals surface area contributed by atoms with Crippen LogP contribution in [-0.4, -0.2) is 16.2 Å². The van der Waals surface area contributed by atoms with Crippen LogP contribution >= 0.6 is 11.3 Å². The van der Waals surface area contributed by atoms with Crippen LogP contribution in [0.4, 0.5) is 0 Å². The molecule has 0 saturated heterocycles. The van der Waals surface area contributed by atoms with E-state index in [4.69, 9.17) is 10.3 Å². The van der Waals surface area contributed by atoms with Crippen LogP contribution in [0, 0.1) is 0 Å². The van der Waals surface area contributed by atoms with Gasteiger partial charge in [0, 0.05) is 6.04 Å². The van der Waals surface area contributed by atoms with Crippen molar-refractivity contribution in [1.82, 2.24) is 10.1 Å². The lowest BCUT2D eigenvalue weighted by Gasteiger charge is -2.16. The predicted octanol–water partition coefficient (Wildman–Crippen LogP) is 3.17. The maximum atomic E-state index is 6.21. The second-order valence-corrected chi connectivity index (χ2v) is 5.79. The van der Waals surface area contributed by atoms with E-state index in [1.54, 1.807) is 11.3 Å². The maximum Gasteiger partial charge on any atom is 0.231 e. The molecule has 0 spiro atoms. The lowest BCUT2D eigenvalue weighted by atomic mass is 9.95. The summed E-state index contributed by atoms with van der Waals surface area (Å²) in [4.78, 5) is 5.57. The van der Waals surface area contributed by atoms with Gasteiger partial charge in [0.25, 0.3) is 0 Å². The first-order valence-electron chi connectivity index (χ1n) is 6.47. The van der Waals surface area contributed by atoms with E-state index in [0.717, 1.165) is 17.7 Å². The molecule has 1 fully saturated rings. The van der Waals surface area contributed by atoms with Crippen molar-refractivity contribution >= 4 is 11.3 Å². The molecule has 18 heavy (non-hydrogen) atoms. The number of hydrogen-bond acceptors (Lipinski definition) is 5.